The van der Waals surface area contributed by atoms with Gasteiger partial charge < -0.3 is 4.74 Å². The smallest absolute Gasteiger partial charge is 0.409 e. The number of ether oxygens (including phenoxy) is 1. The van der Waals surface area contributed by atoms with Gasteiger partial charge >= 0.3 is 6.09 Å². The maximum Gasteiger partial charge on any atom is 0.432 e. The topological polar surface area (TPSA) is 66.1 Å². The van der Waals surface area contributed by atoms with Crippen molar-refractivity contribution in [3.8, 4) is 5.75 Å². The van der Waals surface area contributed by atoms with Gasteiger partial charge in [-0.05, 0) is 24.6 Å². The third-order valence-corrected chi connectivity index (χ3v) is 2.35. The number of carbonyl (C=O) groups excluding carboxylic acids is 1. The number of hydroxylamine groups is 1. The van der Waals surface area contributed by atoms with E-state index in [0.29, 0.717) is 12.3 Å². The molecule has 2 rings (SSSR count). The largest absolute Gasteiger partial charge is 0.432 e. The van der Waals surface area contributed by atoms with Crippen LogP contribution in [0.1, 0.15) is 6.92 Å². The number of carbonyl (C=O) groups is 1. The van der Waals surface area contributed by atoms with Gasteiger partial charge in [0.15, 0.2) is 0 Å². The van der Waals surface area contributed by atoms with E-state index in [4.69, 9.17) is 9.57 Å². The highest BCUT2D eigenvalue weighted by Gasteiger charge is 2.17. The van der Waals surface area contributed by atoms with Crippen molar-refractivity contribution >= 4 is 6.09 Å². The molecule has 0 unspecified atom stereocenters. The molecular formula is C12H16N4O3. The monoisotopic (exact) mass is 264 g/mol. The summed E-state index contributed by atoms with van der Waals surface area (Å²) in [4.78, 5) is 16.7. The summed E-state index contributed by atoms with van der Waals surface area (Å²) >= 11 is 0. The number of hydrazine groups is 3. The molecule has 1 aliphatic rings. The molecule has 2 N–H and O–H groups in total. The third kappa shape index (κ3) is 3.95. The Bertz CT molecular complexity index is 463. The summed E-state index contributed by atoms with van der Waals surface area (Å²) in [6.45, 7) is 2.52. The summed E-state index contributed by atoms with van der Waals surface area (Å²) in [6, 6.07) is 8.83. The standard InChI is InChI=1S/C12H16N4O3/c1-10-8-15(14-16(9-10)18-2)13-12(17)19-11-6-4-3-5-7-11/h3-8,14H,9H2,1-2H3,(H,13,17). The van der Waals surface area contributed by atoms with Crippen molar-refractivity contribution in [3.63, 3.8) is 0 Å². The molecule has 0 spiro atoms. The summed E-state index contributed by atoms with van der Waals surface area (Å²) < 4.78 is 5.10. The van der Waals surface area contributed by atoms with E-state index in [-0.39, 0.29) is 0 Å². The fraction of sp³-hybridized carbons (Fsp3) is 0.250. The second kappa shape index (κ2) is 6.19. The fourth-order valence-electron chi connectivity index (χ4n) is 1.55. The Hall–Kier alpha value is -2.09. The number of nitrogens with zero attached hydrogens (tertiary/aromatic N) is 2. The molecule has 0 saturated heterocycles. The lowest BCUT2D eigenvalue weighted by Gasteiger charge is -2.32. The normalized spacial score (nSPS) is 15.9. The molecule has 1 aromatic carbocycles. The van der Waals surface area contributed by atoms with Crippen LogP contribution in [0, 0.1) is 0 Å². The third-order valence-electron chi connectivity index (χ3n) is 2.35. The van der Waals surface area contributed by atoms with E-state index in [2.05, 4.69) is 11.0 Å². The van der Waals surface area contributed by atoms with Crippen molar-refractivity contribution in [2.24, 2.45) is 0 Å². The van der Waals surface area contributed by atoms with Gasteiger partial charge in [-0.1, -0.05) is 18.2 Å². The molecule has 19 heavy (non-hydrogen) atoms. The molecule has 0 atom stereocenters. The Balaban J connectivity index is 1.90. The highest BCUT2D eigenvalue weighted by atomic mass is 16.7. The summed E-state index contributed by atoms with van der Waals surface area (Å²) in [5, 5.41) is 2.84. The predicted molar refractivity (Wildman–Crippen MR) is 68.0 cm³/mol. The van der Waals surface area contributed by atoms with Crippen molar-refractivity contribution in [2.75, 3.05) is 13.7 Å². The van der Waals surface area contributed by atoms with E-state index in [1.165, 1.54) is 17.4 Å². The molecule has 0 aromatic heterocycles. The van der Waals surface area contributed by atoms with Gasteiger partial charge in [0, 0.05) is 6.20 Å². The number of rotatable bonds is 3. The van der Waals surface area contributed by atoms with Crippen LogP contribution in [0.2, 0.25) is 0 Å². The lowest BCUT2D eigenvalue weighted by atomic mass is 10.3. The van der Waals surface area contributed by atoms with Crippen LogP contribution in [-0.2, 0) is 4.84 Å². The Kier molecular flexibility index (Phi) is 4.35. The molecule has 1 aliphatic heterocycles. The quantitative estimate of drug-likeness (QED) is 0.855. The first-order chi connectivity index (χ1) is 9.17. The molecule has 102 valence electrons. The first kappa shape index (κ1) is 13.3. The Morgan fingerprint density at radius 2 is 2.11 bits per heavy atom. The van der Waals surface area contributed by atoms with E-state index in [0.717, 1.165) is 5.57 Å². The minimum absolute atomic E-state index is 0.473. The molecule has 1 amide bonds. The highest BCUT2D eigenvalue weighted by molar-refractivity contribution is 5.69. The van der Waals surface area contributed by atoms with Gasteiger partial charge in [-0.3, -0.25) is 4.84 Å². The fourth-order valence-corrected chi connectivity index (χ4v) is 1.55. The van der Waals surface area contributed by atoms with Gasteiger partial charge in [0.2, 0.25) is 0 Å². The van der Waals surface area contributed by atoms with Crippen LogP contribution in [0.5, 0.6) is 5.75 Å². The Labute approximate surface area is 111 Å². The van der Waals surface area contributed by atoms with E-state index in [1.54, 1.807) is 30.5 Å². The van der Waals surface area contributed by atoms with Crippen LogP contribution in [0.25, 0.3) is 0 Å². The van der Waals surface area contributed by atoms with Crippen molar-refractivity contribution < 1.29 is 14.4 Å². The van der Waals surface area contributed by atoms with Crippen LogP contribution < -0.4 is 15.7 Å². The molecule has 7 heteroatoms. The zero-order chi connectivity index (χ0) is 13.7. The predicted octanol–water partition coefficient (Wildman–Crippen LogP) is 1.19. The summed E-state index contributed by atoms with van der Waals surface area (Å²) in [5.41, 5.74) is 6.35. The minimum Gasteiger partial charge on any atom is -0.409 e. The number of benzene rings is 1. The van der Waals surface area contributed by atoms with Gasteiger partial charge in [0.05, 0.1) is 13.7 Å². The molecule has 1 heterocycles. The van der Waals surface area contributed by atoms with Gasteiger partial charge in [-0.2, -0.15) is 0 Å². The number of hydrogen-bond donors (Lipinski definition) is 2. The van der Waals surface area contributed by atoms with Crippen LogP contribution in [0.15, 0.2) is 42.1 Å². The van der Waals surface area contributed by atoms with E-state index in [9.17, 15) is 4.79 Å². The summed E-state index contributed by atoms with van der Waals surface area (Å²) in [5.74, 6) is 0.473. The molecule has 0 radical (unpaired) electrons. The van der Waals surface area contributed by atoms with Gasteiger partial charge in [-0.15, -0.1) is 10.7 Å². The van der Waals surface area contributed by atoms with Gasteiger partial charge in [0.25, 0.3) is 0 Å². The van der Waals surface area contributed by atoms with Crippen LogP contribution in [-0.4, -0.2) is 30.0 Å². The summed E-state index contributed by atoms with van der Waals surface area (Å²) in [6.07, 6.45) is 1.14. The zero-order valence-corrected chi connectivity index (χ0v) is 10.8. The molecule has 1 aromatic rings. The maximum atomic E-state index is 11.7. The average molecular weight is 264 g/mol. The number of para-hydroxylation sites is 1. The number of amides is 1. The van der Waals surface area contributed by atoms with Gasteiger partial charge in [0.1, 0.15) is 5.75 Å². The van der Waals surface area contributed by atoms with E-state index >= 15 is 0 Å². The van der Waals surface area contributed by atoms with Crippen molar-refractivity contribution in [1.82, 2.24) is 21.3 Å². The second-order valence-electron chi connectivity index (χ2n) is 3.98. The van der Waals surface area contributed by atoms with E-state index in [1.807, 2.05) is 13.0 Å². The van der Waals surface area contributed by atoms with Crippen molar-refractivity contribution in [1.29, 1.82) is 0 Å². The maximum absolute atomic E-state index is 11.7. The minimum atomic E-state index is -0.597. The molecular weight excluding hydrogens is 248 g/mol. The summed E-state index contributed by atoms with van der Waals surface area (Å²) in [7, 11) is 1.53. The zero-order valence-electron chi connectivity index (χ0n) is 10.8. The van der Waals surface area contributed by atoms with Gasteiger partial charge in [-0.25, -0.2) is 15.3 Å². The highest BCUT2D eigenvalue weighted by Crippen LogP contribution is 2.09. The van der Waals surface area contributed by atoms with Crippen molar-refractivity contribution in [3.05, 3.63) is 42.1 Å². The lowest BCUT2D eigenvalue weighted by Crippen LogP contribution is -2.57. The Morgan fingerprint density at radius 1 is 1.37 bits per heavy atom. The second-order valence-corrected chi connectivity index (χ2v) is 3.98. The Morgan fingerprint density at radius 3 is 2.79 bits per heavy atom. The molecule has 0 bridgehead atoms. The SMILES string of the molecule is CON1CC(C)=CN(NC(=O)Oc2ccccc2)N1. The average Bonchev–Trinajstić information content (AvgIpc) is 2.38. The molecule has 0 aliphatic carbocycles. The first-order valence-electron chi connectivity index (χ1n) is 5.75. The van der Waals surface area contributed by atoms with E-state index < -0.39 is 6.09 Å². The van der Waals surface area contributed by atoms with Crippen LogP contribution in [0.4, 0.5) is 4.79 Å². The van der Waals surface area contributed by atoms with Crippen LogP contribution in [0.3, 0.4) is 0 Å². The van der Waals surface area contributed by atoms with Crippen LogP contribution >= 0.6 is 0 Å². The first-order valence-corrected chi connectivity index (χ1v) is 5.75. The number of hydrogen-bond acceptors (Lipinski definition) is 6. The van der Waals surface area contributed by atoms with Crippen molar-refractivity contribution in [2.45, 2.75) is 6.92 Å². The molecule has 0 saturated carbocycles. The molecule has 7 nitrogen and oxygen atoms in total. The molecule has 0 fully saturated rings. The number of nitrogens with one attached hydrogen (secondary N) is 2. The lowest BCUT2D eigenvalue weighted by molar-refractivity contribution is -0.214.